The van der Waals surface area contributed by atoms with Gasteiger partial charge in [0.2, 0.25) is 0 Å². The van der Waals surface area contributed by atoms with Crippen molar-refractivity contribution in [1.82, 2.24) is 9.97 Å². The molecule has 2 aromatic heterocycles. The molecular formula is C13H11N3S. The van der Waals surface area contributed by atoms with Crippen LogP contribution in [0.25, 0.3) is 10.2 Å². The Morgan fingerprint density at radius 3 is 2.94 bits per heavy atom. The van der Waals surface area contributed by atoms with Crippen molar-refractivity contribution in [3.05, 3.63) is 47.7 Å². The minimum Gasteiger partial charge on any atom is -0.354 e. The Morgan fingerprint density at radius 1 is 1.18 bits per heavy atom. The van der Waals surface area contributed by atoms with E-state index in [1.807, 2.05) is 19.1 Å². The molecule has 84 valence electrons. The SMILES string of the molecule is Cc1nc2cc(Nc3cccnc3)ccc2s1. The third kappa shape index (κ3) is 2.12. The molecule has 3 rings (SSSR count). The lowest BCUT2D eigenvalue weighted by Gasteiger charge is -2.04. The molecule has 0 aliphatic carbocycles. The lowest BCUT2D eigenvalue weighted by atomic mass is 10.3. The highest BCUT2D eigenvalue weighted by Gasteiger charge is 2.01. The summed E-state index contributed by atoms with van der Waals surface area (Å²) in [5.41, 5.74) is 3.07. The maximum Gasteiger partial charge on any atom is 0.0907 e. The highest BCUT2D eigenvalue weighted by molar-refractivity contribution is 7.18. The van der Waals surface area contributed by atoms with Crippen LogP contribution in [0.3, 0.4) is 0 Å². The van der Waals surface area contributed by atoms with Gasteiger partial charge in [0.1, 0.15) is 0 Å². The van der Waals surface area contributed by atoms with Crippen LogP contribution >= 0.6 is 11.3 Å². The number of pyridine rings is 1. The fourth-order valence-electron chi connectivity index (χ4n) is 1.72. The van der Waals surface area contributed by atoms with Crippen LogP contribution in [0.4, 0.5) is 11.4 Å². The number of aromatic nitrogens is 2. The molecule has 0 amide bonds. The van der Waals surface area contributed by atoms with Crippen molar-refractivity contribution in [2.45, 2.75) is 6.92 Å². The van der Waals surface area contributed by atoms with E-state index in [-0.39, 0.29) is 0 Å². The predicted octanol–water partition coefficient (Wildman–Crippen LogP) is 3.74. The Hall–Kier alpha value is -1.94. The summed E-state index contributed by atoms with van der Waals surface area (Å²) in [7, 11) is 0. The topological polar surface area (TPSA) is 37.8 Å². The van der Waals surface area contributed by atoms with Crippen molar-refractivity contribution in [2.24, 2.45) is 0 Å². The second-order valence-electron chi connectivity index (χ2n) is 3.78. The zero-order chi connectivity index (χ0) is 11.7. The minimum atomic E-state index is 0.985. The number of hydrogen-bond acceptors (Lipinski definition) is 4. The van der Waals surface area contributed by atoms with Gasteiger partial charge in [-0.2, -0.15) is 0 Å². The number of benzene rings is 1. The van der Waals surface area contributed by atoms with Crippen LogP contribution in [-0.2, 0) is 0 Å². The van der Waals surface area contributed by atoms with Gasteiger partial charge in [-0.05, 0) is 37.3 Å². The third-order valence-corrected chi connectivity index (χ3v) is 3.40. The lowest BCUT2D eigenvalue weighted by Crippen LogP contribution is -1.89. The number of nitrogens with zero attached hydrogens (tertiary/aromatic N) is 2. The molecule has 17 heavy (non-hydrogen) atoms. The van der Waals surface area contributed by atoms with E-state index in [2.05, 4.69) is 33.5 Å². The zero-order valence-corrected chi connectivity index (χ0v) is 10.2. The van der Waals surface area contributed by atoms with E-state index in [1.54, 1.807) is 23.7 Å². The number of hydrogen-bond donors (Lipinski definition) is 1. The number of anilines is 2. The molecule has 0 bridgehead atoms. The monoisotopic (exact) mass is 241 g/mol. The van der Waals surface area contributed by atoms with Gasteiger partial charge in [0.15, 0.2) is 0 Å². The van der Waals surface area contributed by atoms with Crippen molar-refractivity contribution in [1.29, 1.82) is 0 Å². The Bertz CT molecular complexity index is 646. The van der Waals surface area contributed by atoms with Crippen LogP contribution in [0.2, 0.25) is 0 Å². The molecule has 0 atom stereocenters. The normalized spacial score (nSPS) is 10.6. The molecule has 3 nitrogen and oxygen atoms in total. The standard InChI is InChI=1S/C13H11N3S/c1-9-15-12-7-10(4-5-13(12)17-9)16-11-3-2-6-14-8-11/h2-8,16H,1H3. The highest BCUT2D eigenvalue weighted by Crippen LogP contribution is 2.25. The quantitative estimate of drug-likeness (QED) is 0.742. The van der Waals surface area contributed by atoms with Gasteiger partial charge in [-0.1, -0.05) is 0 Å². The summed E-state index contributed by atoms with van der Waals surface area (Å²) in [6, 6.07) is 10.1. The van der Waals surface area contributed by atoms with Crippen LogP contribution in [-0.4, -0.2) is 9.97 Å². The molecule has 0 radical (unpaired) electrons. The minimum absolute atomic E-state index is 0.985. The molecule has 0 fully saturated rings. The Kier molecular flexibility index (Phi) is 2.49. The Labute approximate surface area is 103 Å². The lowest BCUT2D eigenvalue weighted by molar-refractivity contribution is 1.32. The van der Waals surface area contributed by atoms with Crippen molar-refractivity contribution in [3.8, 4) is 0 Å². The zero-order valence-electron chi connectivity index (χ0n) is 9.34. The first kappa shape index (κ1) is 10.2. The van der Waals surface area contributed by atoms with Crippen molar-refractivity contribution in [2.75, 3.05) is 5.32 Å². The number of aryl methyl sites for hydroxylation is 1. The Balaban J connectivity index is 1.95. The van der Waals surface area contributed by atoms with E-state index in [9.17, 15) is 0 Å². The molecule has 4 heteroatoms. The van der Waals surface area contributed by atoms with Crippen molar-refractivity contribution < 1.29 is 0 Å². The molecule has 0 aliphatic rings. The summed E-state index contributed by atoms with van der Waals surface area (Å²) < 4.78 is 1.22. The maximum atomic E-state index is 4.48. The van der Waals surface area contributed by atoms with Gasteiger partial charge in [0.05, 0.1) is 27.1 Å². The summed E-state index contributed by atoms with van der Waals surface area (Å²) in [5.74, 6) is 0. The summed E-state index contributed by atoms with van der Waals surface area (Å²) in [5, 5.41) is 4.40. The van der Waals surface area contributed by atoms with E-state index in [4.69, 9.17) is 0 Å². The van der Waals surface area contributed by atoms with Crippen LogP contribution in [0.15, 0.2) is 42.7 Å². The van der Waals surface area contributed by atoms with Crippen LogP contribution in [0, 0.1) is 6.92 Å². The molecule has 0 saturated carbocycles. The van der Waals surface area contributed by atoms with Crippen LogP contribution < -0.4 is 5.32 Å². The first-order valence-corrected chi connectivity index (χ1v) is 6.17. The first-order chi connectivity index (χ1) is 8.31. The third-order valence-electron chi connectivity index (χ3n) is 2.44. The molecule has 0 aliphatic heterocycles. The van der Waals surface area contributed by atoms with Gasteiger partial charge in [-0.25, -0.2) is 4.98 Å². The predicted molar refractivity (Wildman–Crippen MR) is 71.9 cm³/mol. The summed E-state index contributed by atoms with van der Waals surface area (Å²) in [6.07, 6.45) is 3.56. The number of fused-ring (bicyclic) bond motifs is 1. The molecule has 3 aromatic rings. The highest BCUT2D eigenvalue weighted by atomic mass is 32.1. The molecule has 0 spiro atoms. The fourth-order valence-corrected chi connectivity index (χ4v) is 2.53. The van der Waals surface area contributed by atoms with Gasteiger partial charge >= 0.3 is 0 Å². The number of nitrogens with one attached hydrogen (secondary N) is 1. The van der Waals surface area contributed by atoms with Crippen molar-refractivity contribution in [3.63, 3.8) is 0 Å². The van der Waals surface area contributed by atoms with Gasteiger partial charge in [-0.15, -0.1) is 11.3 Å². The van der Waals surface area contributed by atoms with Gasteiger partial charge < -0.3 is 5.32 Å². The number of thiazole rings is 1. The second-order valence-corrected chi connectivity index (χ2v) is 5.02. The van der Waals surface area contributed by atoms with E-state index >= 15 is 0 Å². The van der Waals surface area contributed by atoms with E-state index in [0.29, 0.717) is 0 Å². The fraction of sp³-hybridized carbons (Fsp3) is 0.0769. The van der Waals surface area contributed by atoms with Crippen molar-refractivity contribution >= 4 is 32.9 Å². The molecular weight excluding hydrogens is 230 g/mol. The molecule has 1 N–H and O–H groups in total. The average molecular weight is 241 g/mol. The average Bonchev–Trinajstić information content (AvgIpc) is 2.70. The van der Waals surface area contributed by atoms with Gasteiger partial charge in [0, 0.05) is 11.9 Å². The first-order valence-electron chi connectivity index (χ1n) is 5.35. The smallest absolute Gasteiger partial charge is 0.0907 e. The summed E-state index contributed by atoms with van der Waals surface area (Å²) in [6.45, 7) is 2.03. The maximum absolute atomic E-state index is 4.48. The molecule has 0 unspecified atom stereocenters. The van der Waals surface area contributed by atoms with E-state index in [0.717, 1.165) is 21.9 Å². The largest absolute Gasteiger partial charge is 0.354 e. The number of rotatable bonds is 2. The van der Waals surface area contributed by atoms with Crippen LogP contribution in [0.5, 0.6) is 0 Å². The van der Waals surface area contributed by atoms with E-state index < -0.39 is 0 Å². The molecule has 1 aromatic carbocycles. The van der Waals surface area contributed by atoms with E-state index in [1.165, 1.54) is 4.70 Å². The second kappa shape index (κ2) is 4.14. The molecule has 0 saturated heterocycles. The van der Waals surface area contributed by atoms with Crippen LogP contribution in [0.1, 0.15) is 5.01 Å². The van der Waals surface area contributed by atoms with Gasteiger partial charge in [-0.3, -0.25) is 4.98 Å². The summed E-state index contributed by atoms with van der Waals surface area (Å²) >= 11 is 1.72. The van der Waals surface area contributed by atoms with Gasteiger partial charge in [0.25, 0.3) is 0 Å². The summed E-state index contributed by atoms with van der Waals surface area (Å²) in [4.78, 5) is 8.55. The molecule has 2 heterocycles. The Morgan fingerprint density at radius 2 is 2.12 bits per heavy atom.